The molecule has 0 fully saturated rings. The van der Waals surface area contributed by atoms with Gasteiger partial charge in [-0.05, 0) is 6.92 Å². The van der Waals surface area contributed by atoms with Crippen LogP contribution in [0.3, 0.4) is 0 Å². The molecule has 0 aliphatic carbocycles. The van der Waals surface area contributed by atoms with Crippen LogP contribution in [0.4, 0.5) is 0 Å². The monoisotopic (exact) mass is 238 g/mol. The minimum absolute atomic E-state index is 0.00358. The molecule has 7 nitrogen and oxygen atoms in total. The molecule has 3 unspecified atom stereocenters. The van der Waals surface area contributed by atoms with Gasteiger partial charge in [-0.1, -0.05) is 0 Å². The van der Waals surface area contributed by atoms with Gasteiger partial charge in [-0.25, -0.2) is 4.79 Å². The van der Waals surface area contributed by atoms with Gasteiger partial charge in [0.05, 0.1) is 25.9 Å². The highest BCUT2D eigenvalue weighted by Crippen LogP contribution is 1.94. The van der Waals surface area contributed by atoms with Crippen LogP contribution in [0.5, 0.6) is 0 Å². The van der Waals surface area contributed by atoms with E-state index in [2.05, 4.69) is 4.74 Å². The summed E-state index contributed by atoms with van der Waals surface area (Å²) in [5.74, 6) is -0.946. The van der Waals surface area contributed by atoms with Crippen LogP contribution in [0, 0.1) is 0 Å². The number of rotatable bonds is 8. The summed E-state index contributed by atoms with van der Waals surface area (Å²) >= 11 is 0. The number of hydrogen-bond donors (Lipinski definition) is 4. The molecule has 0 spiro atoms. The number of ether oxygens (including phenoxy) is 2. The molecule has 3 atom stereocenters. The van der Waals surface area contributed by atoms with Gasteiger partial charge >= 0.3 is 5.97 Å². The average molecular weight is 238 g/mol. The molecule has 0 heterocycles. The van der Waals surface area contributed by atoms with E-state index in [4.69, 9.17) is 20.1 Å². The van der Waals surface area contributed by atoms with Gasteiger partial charge in [-0.2, -0.15) is 0 Å². The minimum atomic E-state index is -1.47. The smallest absolute Gasteiger partial charge is 0.337 e. The molecule has 4 N–H and O–H groups in total. The van der Waals surface area contributed by atoms with Crippen LogP contribution < -0.4 is 0 Å². The Morgan fingerprint density at radius 3 is 2.31 bits per heavy atom. The molecule has 0 aliphatic heterocycles. The van der Waals surface area contributed by atoms with Crippen LogP contribution >= 0.6 is 0 Å². The van der Waals surface area contributed by atoms with Gasteiger partial charge in [0.2, 0.25) is 0 Å². The first-order chi connectivity index (χ1) is 7.47. The summed E-state index contributed by atoms with van der Waals surface area (Å²) in [6.07, 6.45) is -3.31. The van der Waals surface area contributed by atoms with E-state index in [1.807, 2.05) is 0 Å². The molecular formula is C9H18O7. The third-order valence-corrected chi connectivity index (χ3v) is 1.54. The standard InChI is InChI=1S/C9H18O7/c1-6(11)3-15-5-8(13)9(14)16-4-7(12)2-10/h6-8,10-13H,2-5H2,1H3. The van der Waals surface area contributed by atoms with Crippen LogP contribution in [0.1, 0.15) is 6.92 Å². The topological polar surface area (TPSA) is 116 Å². The second kappa shape index (κ2) is 8.43. The average Bonchev–Trinajstić information content (AvgIpc) is 2.24. The predicted molar refractivity (Wildman–Crippen MR) is 52.6 cm³/mol. The quantitative estimate of drug-likeness (QED) is 0.349. The van der Waals surface area contributed by atoms with Crippen molar-refractivity contribution in [2.75, 3.05) is 26.4 Å². The molecule has 0 aromatic carbocycles. The van der Waals surface area contributed by atoms with Crippen molar-refractivity contribution in [2.45, 2.75) is 25.2 Å². The molecule has 96 valence electrons. The summed E-state index contributed by atoms with van der Waals surface area (Å²) in [6, 6.07) is 0. The maximum absolute atomic E-state index is 11.0. The first-order valence-corrected chi connectivity index (χ1v) is 4.86. The lowest BCUT2D eigenvalue weighted by atomic mass is 10.3. The zero-order valence-electron chi connectivity index (χ0n) is 9.07. The number of hydrogen-bond acceptors (Lipinski definition) is 7. The van der Waals surface area contributed by atoms with Gasteiger partial charge in [-0.15, -0.1) is 0 Å². The lowest BCUT2D eigenvalue weighted by Crippen LogP contribution is -2.32. The van der Waals surface area contributed by atoms with Crippen LogP contribution in [0.15, 0.2) is 0 Å². The fraction of sp³-hybridized carbons (Fsp3) is 0.889. The van der Waals surface area contributed by atoms with Crippen molar-refractivity contribution in [3.05, 3.63) is 0 Å². The largest absolute Gasteiger partial charge is 0.461 e. The van der Waals surface area contributed by atoms with Crippen LogP contribution in [0.25, 0.3) is 0 Å². The van der Waals surface area contributed by atoms with Crippen molar-refractivity contribution in [3.8, 4) is 0 Å². The Labute approximate surface area is 93.2 Å². The van der Waals surface area contributed by atoms with Gasteiger partial charge in [0.25, 0.3) is 0 Å². The lowest BCUT2D eigenvalue weighted by molar-refractivity contribution is -0.160. The van der Waals surface area contributed by atoms with E-state index in [1.165, 1.54) is 6.92 Å². The minimum Gasteiger partial charge on any atom is -0.461 e. The summed E-state index contributed by atoms with van der Waals surface area (Å²) in [5.41, 5.74) is 0. The molecule has 0 bridgehead atoms. The summed E-state index contributed by atoms with van der Waals surface area (Å²) in [7, 11) is 0. The van der Waals surface area contributed by atoms with E-state index in [1.54, 1.807) is 0 Å². The van der Waals surface area contributed by atoms with Crippen molar-refractivity contribution >= 4 is 5.97 Å². The molecule has 0 aromatic rings. The second-order valence-corrected chi connectivity index (χ2v) is 3.37. The maximum atomic E-state index is 11.0. The highest BCUT2D eigenvalue weighted by molar-refractivity contribution is 5.74. The molecule has 0 rings (SSSR count). The Bertz CT molecular complexity index is 194. The Kier molecular flexibility index (Phi) is 8.04. The molecule has 0 aliphatic rings. The van der Waals surface area contributed by atoms with E-state index in [9.17, 15) is 9.90 Å². The molecule has 0 amide bonds. The summed E-state index contributed by atoms with van der Waals surface area (Å²) in [5, 5.41) is 35.3. The van der Waals surface area contributed by atoms with Crippen molar-refractivity contribution in [1.29, 1.82) is 0 Å². The lowest BCUT2D eigenvalue weighted by Gasteiger charge is -2.13. The van der Waals surface area contributed by atoms with Gasteiger partial charge in [0, 0.05) is 0 Å². The molecule has 0 saturated carbocycles. The van der Waals surface area contributed by atoms with E-state index in [-0.39, 0.29) is 19.8 Å². The molecule has 0 radical (unpaired) electrons. The Morgan fingerprint density at radius 2 is 1.81 bits per heavy atom. The molecule has 7 heteroatoms. The SMILES string of the molecule is CC(O)COCC(O)C(=O)OCC(O)CO. The Balaban J connectivity index is 3.65. The summed E-state index contributed by atoms with van der Waals surface area (Å²) in [4.78, 5) is 11.0. The van der Waals surface area contributed by atoms with E-state index < -0.39 is 30.9 Å². The van der Waals surface area contributed by atoms with E-state index in [0.717, 1.165) is 0 Å². The first-order valence-electron chi connectivity index (χ1n) is 4.86. The molecule has 0 saturated heterocycles. The maximum Gasteiger partial charge on any atom is 0.337 e. The highest BCUT2D eigenvalue weighted by Gasteiger charge is 2.18. The van der Waals surface area contributed by atoms with Crippen LogP contribution in [0.2, 0.25) is 0 Å². The predicted octanol–water partition coefficient (Wildman–Crippen LogP) is -2.36. The Morgan fingerprint density at radius 1 is 1.19 bits per heavy atom. The zero-order chi connectivity index (χ0) is 12.6. The zero-order valence-corrected chi connectivity index (χ0v) is 9.07. The highest BCUT2D eigenvalue weighted by atomic mass is 16.6. The molecule has 16 heavy (non-hydrogen) atoms. The van der Waals surface area contributed by atoms with Crippen molar-refractivity contribution in [3.63, 3.8) is 0 Å². The second-order valence-electron chi connectivity index (χ2n) is 3.37. The van der Waals surface area contributed by atoms with Crippen molar-refractivity contribution in [1.82, 2.24) is 0 Å². The van der Waals surface area contributed by atoms with Gasteiger partial charge in [0.1, 0.15) is 12.7 Å². The number of aliphatic hydroxyl groups is 4. The number of carbonyl (C=O) groups is 1. The number of esters is 1. The normalized spacial score (nSPS) is 16.6. The third kappa shape index (κ3) is 7.55. The van der Waals surface area contributed by atoms with Gasteiger partial charge in [0.15, 0.2) is 6.10 Å². The van der Waals surface area contributed by atoms with E-state index in [0.29, 0.717) is 0 Å². The molecule has 0 aromatic heterocycles. The summed E-state index contributed by atoms with van der Waals surface area (Å²) in [6.45, 7) is 0.301. The van der Waals surface area contributed by atoms with Crippen molar-refractivity contribution < 1.29 is 34.7 Å². The number of carbonyl (C=O) groups excluding carboxylic acids is 1. The molecular weight excluding hydrogens is 220 g/mol. The van der Waals surface area contributed by atoms with Crippen LogP contribution in [-0.2, 0) is 14.3 Å². The number of aliphatic hydroxyl groups excluding tert-OH is 4. The van der Waals surface area contributed by atoms with E-state index >= 15 is 0 Å². The van der Waals surface area contributed by atoms with Gasteiger partial charge in [-0.3, -0.25) is 0 Å². The van der Waals surface area contributed by atoms with Crippen LogP contribution in [-0.4, -0.2) is 71.1 Å². The Hall–Kier alpha value is -0.730. The first kappa shape index (κ1) is 15.3. The van der Waals surface area contributed by atoms with Crippen molar-refractivity contribution in [2.24, 2.45) is 0 Å². The third-order valence-electron chi connectivity index (χ3n) is 1.54. The fourth-order valence-electron chi connectivity index (χ4n) is 0.745. The van der Waals surface area contributed by atoms with Gasteiger partial charge < -0.3 is 29.9 Å². The fourth-order valence-corrected chi connectivity index (χ4v) is 0.745. The summed E-state index contributed by atoms with van der Waals surface area (Å²) < 4.78 is 9.27.